The Kier molecular flexibility index (Phi) is 2.90. The molecular weight excluding hydrogens is 169 g/mol. The molecule has 0 fully saturated rings. The zero-order valence-electron chi connectivity index (χ0n) is 6.10. The van der Waals surface area contributed by atoms with E-state index in [-0.39, 0.29) is 5.82 Å². The van der Waals surface area contributed by atoms with E-state index in [0.717, 1.165) is 6.07 Å². The van der Waals surface area contributed by atoms with Gasteiger partial charge in [-0.25, -0.2) is 18.2 Å². The van der Waals surface area contributed by atoms with Crippen LogP contribution in [0.3, 0.4) is 0 Å². The first-order valence-electron chi connectivity index (χ1n) is 3.32. The monoisotopic (exact) mass is 176 g/mol. The van der Waals surface area contributed by atoms with Crippen molar-refractivity contribution >= 4 is 5.82 Å². The second kappa shape index (κ2) is 3.94. The van der Waals surface area contributed by atoms with Crippen LogP contribution in [0.5, 0.6) is 0 Å². The molecule has 1 aromatic rings. The molecule has 0 aliphatic carbocycles. The lowest BCUT2D eigenvalue weighted by Gasteiger charge is -2.04. The van der Waals surface area contributed by atoms with Gasteiger partial charge in [-0.15, -0.1) is 0 Å². The largest absolute Gasteiger partial charge is 0.362 e. The fourth-order valence-corrected chi connectivity index (χ4v) is 0.690. The van der Waals surface area contributed by atoms with E-state index in [2.05, 4.69) is 10.3 Å². The van der Waals surface area contributed by atoms with Gasteiger partial charge in [0.05, 0.1) is 6.54 Å². The highest BCUT2D eigenvalue weighted by Gasteiger charge is 2.05. The minimum Gasteiger partial charge on any atom is -0.362 e. The maximum atomic E-state index is 12.7. The van der Waals surface area contributed by atoms with Crippen molar-refractivity contribution in [3.63, 3.8) is 0 Å². The molecule has 0 saturated carbocycles. The molecule has 0 amide bonds. The Balaban J connectivity index is 2.57. The average Bonchev–Trinajstić information content (AvgIpc) is 2.03. The van der Waals surface area contributed by atoms with Crippen molar-refractivity contribution in [2.75, 3.05) is 11.9 Å². The summed E-state index contributed by atoms with van der Waals surface area (Å²) in [4.78, 5) is 3.53. The predicted molar refractivity (Wildman–Crippen MR) is 38.7 cm³/mol. The first-order chi connectivity index (χ1) is 5.70. The fraction of sp³-hybridized carbons (Fsp3) is 0.286. The molecule has 66 valence electrons. The molecule has 0 bridgehead atoms. The molecule has 0 radical (unpaired) electrons. The van der Waals surface area contributed by atoms with Gasteiger partial charge >= 0.3 is 0 Å². The molecule has 1 N–H and O–H groups in total. The third-order valence-corrected chi connectivity index (χ3v) is 1.18. The molecule has 0 saturated heterocycles. The van der Waals surface area contributed by atoms with Gasteiger partial charge in [0.25, 0.3) is 6.43 Å². The summed E-state index contributed by atoms with van der Waals surface area (Å²) < 4.78 is 35.9. The summed E-state index contributed by atoms with van der Waals surface area (Å²) in [6.45, 7) is -0.589. The number of nitrogens with one attached hydrogen (secondary N) is 1. The lowest BCUT2D eigenvalue weighted by molar-refractivity contribution is 0.163. The van der Waals surface area contributed by atoms with Crippen molar-refractivity contribution < 1.29 is 13.2 Å². The fourth-order valence-electron chi connectivity index (χ4n) is 0.690. The van der Waals surface area contributed by atoms with Crippen molar-refractivity contribution in [3.05, 3.63) is 24.1 Å². The zero-order chi connectivity index (χ0) is 8.97. The van der Waals surface area contributed by atoms with Crippen LogP contribution in [0.4, 0.5) is 19.0 Å². The SMILES string of the molecule is Fc1cccnc1NCC(F)F. The molecule has 12 heavy (non-hydrogen) atoms. The number of rotatable bonds is 3. The summed E-state index contributed by atoms with van der Waals surface area (Å²) in [6, 6.07) is 2.55. The Bertz CT molecular complexity index is 252. The highest BCUT2D eigenvalue weighted by molar-refractivity contribution is 5.35. The second-order valence-electron chi connectivity index (χ2n) is 2.11. The Hall–Kier alpha value is -1.26. The first-order valence-corrected chi connectivity index (χ1v) is 3.32. The van der Waals surface area contributed by atoms with Crippen LogP contribution < -0.4 is 5.32 Å². The van der Waals surface area contributed by atoms with E-state index < -0.39 is 18.8 Å². The lowest BCUT2D eigenvalue weighted by Crippen LogP contribution is -2.12. The molecule has 0 aromatic carbocycles. The van der Waals surface area contributed by atoms with Gasteiger partial charge in [-0.3, -0.25) is 0 Å². The molecule has 1 aromatic heterocycles. The molecular formula is C7H7F3N2. The Morgan fingerprint density at radius 1 is 1.50 bits per heavy atom. The summed E-state index contributed by atoms with van der Waals surface area (Å²) in [5, 5.41) is 2.18. The summed E-state index contributed by atoms with van der Waals surface area (Å²) in [5.41, 5.74) is 0. The molecule has 0 atom stereocenters. The van der Waals surface area contributed by atoms with Crippen molar-refractivity contribution in [3.8, 4) is 0 Å². The van der Waals surface area contributed by atoms with E-state index in [4.69, 9.17) is 0 Å². The van der Waals surface area contributed by atoms with Gasteiger partial charge in [0.1, 0.15) is 0 Å². The number of hydrogen-bond donors (Lipinski definition) is 1. The Morgan fingerprint density at radius 3 is 2.83 bits per heavy atom. The van der Waals surface area contributed by atoms with Crippen LogP contribution in [-0.2, 0) is 0 Å². The van der Waals surface area contributed by atoms with Crippen molar-refractivity contribution in [2.45, 2.75) is 6.43 Å². The highest BCUT2D eigenvalue weighted by atomic mass is 19.3. The normalized spacial score (nSPS) is 10.3. The van der Waals surface area contributed by atoms with E-state index in [9.17, 15) is 13.2 Å². The topological polar surface area (TPSA) is 24.9 Å². The number of pyridine rings is 1. The molecule has 0 spiro atoms. The van der Waals surface area contributed by atoms with Crippen molar-refractivity contribution in [2.24, 2.45) is 0 Å². The lowest BCUT2D eigenvalue weighted by atomic mass is 10.4. The summed E-state index contributed by atoms with van der Waals surface area (Å²) >= 11 is 0. The molecule has 5 heteroatoms. The van der Waals surface area contributed by atoms with Gasteiger partial charge in [0, 0.05) is 6.20 Å². The van der Waals surface area contributed by atoms with Crippen LogP contribution >= 0.6 is 0 Å². The summed E-state index contributed by atoms with van der Waals surface area (Å²) in [6.07, 6.45) is -1.18. The standard InChI is InChI=1S/C7H7F3N2/c8-5-2-1-3-11-7(5)12-4-6(9)10/h1-3,6H,4H2,(H,11,12). The van der Waals surface area contributed by atoms with Crippen LogP contribution in [0.1, 0.15) is 0 Å². The number of hydrogen-bond acceptors (Lipinski definition) is 2. The minimum absolute atomic E-state index is 0.141. The van der Waals surface area contributed by atoms with Crippen molar-refractivity contribution in [1.82, 2.24) is 4.98 Å². The van der Waals surface area contributed by atoms with Crippen molar-refractivity contribution in [1.29, 1.82) is 0 Å². The Labute approximate surface area is 67.4 Å². The van der Waals surface area contributed by atoms with Crippen LogP contribution in [0.15, 0.2) is 18.3 Å². The van der Waals surface area contributed by atoms with Crippen LogP contribution in [0.25, 0.3) is 0 Å². The molecule has 0 aliphatic heterocycles. The maximum Gasteiger partial charge on any atom is 0.255 e. The third-order valence-electron chi connectivity index (χ3n) is 1.18. The number of aromatic nitrogens is 1. The van der Waals surface area contributed by atoms with Gasteiger partial charge in [0.15, 0.2) is 11.6 Å². The average molecular weight is 176 g/mol. The predicted octanol–water partition coefficient (Wildman–Crippen LogP) is 1.90. The van der Waals surface area contributed by atoms with Gasteiger partial charge in [-0.1, -0.05) is 0 Å². The smallest absolute Gasteiger partial charge is 0.255 e. The molecule has 0 unspecified atom stereocenters. The van der Waals surface area contributed by atoms with Gasteiger partial charge < -0.3 is 5.32 Å². The van der Waals surface area contributed by atoms with E-state index >= 15 is 0 Å². The molecule has 1 rings (SSSR count). The molecule has 0 aliphatic rings. The van der Waals surface area contributed by atoms with E-state index in [1.54, 1.807) is 0 Å². The summed E-state index contributed by atoms with van der Waals surface area (Å²) in [5.74, 6) is -0.768. The third kappa shape index (κ3) is 2.41. The van der Waals surface area contributed by atoms with Crippen LogP contribution in [0.2, 0.25) is 0 Å². The molecule has 2 nitrogen and oxygen atoms in total. The van der Waals surface area contributed by atoms with E-state index in [1.165, 1.54) is 12.3 Å². The Morgan fingerprint density at radius 2 is 2.25 bits per heavy atom. The number of nitrogens with zero attached hydrogens (tertiary/aromatic N) is 1. The highest BCUT2D eigenvalue weighted by Crippen LogP contribution is 2.08. The van der Waals surface area contributed by atoms with Crippen LogP contribution in [-0.4, -0.2) is 18.0 Å². The van der Waals surface area contributed by atoms with Crippen LogP contribution in [0, 0.1) is 5.82 Å². The minimum atomic E-state index is -2.51. The van der Waals surface area contributed by atoms with Gasteiger partial charge in [0.2, 0.25) is 0 Å². The van der Waals surface area contributed by atoms with Gasteiger partial charge in [-0.2, -0.15) is 0 Å². The van der Waals surface area contributed by atoms with E-state index in [0.29, 0.717) is 0 Å². The number of halogens is 3. The molecule has 1 heterocycles. The maximum absolute atomic E-state index is 12.7. The summed E-state index contributed by atoms with van der Waals surface area (Å²) in [7, 11) is 0. The first kappa shape index (κ1) is 8.83. The zero-order valence-corrected chi connectivity index (χ0v) is 6.10. The van der Waals surface area contributed by atoms with E-state index in [1.807, 2.05) is 0 Å². The van der Waals surface area contributed by atoms with Gasteiger partial charge in [-0.05, 0) is 12.1 Å². The number of anilines is 1. The number of alkyl halides is 2. The second-order valence-corrected chi connectivity index (χ2v) is 2.11. The quantitative estimate of drug-likeness (QED) is 0.760.